The molecule has 0 aliphatic rings. The monoisotopic (exact) mass is 354 g/mol. The van der Waals surface area contributed by atoms with E-state index in [1.165, 1.54) is 6.08 Å². The van der Waals surface area contributed by atoms with E-state index in [4.69, 9.17) is 11.6 Å². The second kappa shape index (κ2) is 7.90. The first kappa shape index (κ1) is 16.4. The second-order valence-corrected chi connectivity index (χ2v) is 6.42. The van der Waals surface area contributed by atoms with Gasteiger partial charge in [0, 0.05) is 23.8 Å². The van der Waals surface area contributed by atoms with E-state index in [2.05, 4.69) is 10.3 Å². The molecule has 5 heteroatoms. The van der Waals surface area contributed by atoms with E-state index in [0.29, 0.717) is 11.6 Å². The van der Waals surface area contributed by atoms with Crippen molar-refractivity contribution in [3.63, 3.8) is 0 Å². The number of halogens is 1. The van der Waals surface area contributed by atoms with Gasteiger partial charge in [0.05, 0.1) is 10.6 Å². The molecule has 120 valence electrons. The number of nitrogens with zero attached hydrogens (tertiary/aromatic N) is 1. The van der Waals surface area contributed by atoms with E-state index in [9.17, 15) is 4.79 Å². The van der Waals surface area contributed by atoms with Crippen molar-refractivity contribution in [1.82, 2.24) is 10.3 Å². The first-order valence-electron chi connectivity index (χ1n) is 7.42. The lowest BCUT2D eigenvalue weighted by Crippen LogP contribution is -2.20. The quantitative estimate of drug-likeness (QED) is 0.669. The number of amides is 1. The molecule has 0 aliphatic heterocycles. The standard InChI is InChI=1S/C19H15ClN2OS/c20-16-7-2-1-5-14(16)9-10-18(23)22-13-15-6-3-11-21-19(15)17-8-4-12-24-17/h1-12H,13H2,(H,22,23)/b10-9+. The molecule has 0 atom stereocenters. The van der Waals surface area contributed by atoms with E-state index in [0.717, 1.165) is 21.7 Å². The Morgan fingerprint density at radius 3 is 2.83 bits per heavy atom. The van der Waals surface area contributed by atoms with E-state index in [1.807, 2.05) is 47.8 Å². The van der Waals surface area contributed by atoms with Crippen LogP contribution in [0.5, 0.6) is 0 Å². The number of pyridine rings is 1. The van der Waals surface area contributed by atoms with E-state index in [1.54, 1.807) is 29.7 Å². The minimum atomic E-state index is -0.170. The zero-order valence-electron chi connectivity index (χ0n) is 12.8. The molecule has 1 aromatic carbocycles. The highest BCUT2D eigenvalue weighted by Gasteiger charge is 2.07. The summed E-state index contributed by atoms with van der Waals surface area (Å²) < 4.78 is 0. The highest BCUT2D eigenvalue weighted by atomic mass is 35.5. The van der Waals surface area contributed by atoms with Gasteiger partial charge in [0.25, 0.3) is 0 Å². The molecule has 0 unspecified atom stereocenters. The van der Waals surface area contributed by atoms with Crippen LogP contribution >= 0.6 is 22.9 Å². The molecule has 3 nitrogen and oxygen atoms in total. The van der Waals surface area contributed by atoms with Crippen molar-refractivity contribution >= 4 is 34.9 Å². The predicted octanol–water partition coefficient (Wildman–Crippen LogP) is 4.79. The van der Waals surface area contributed by atoms with Gasteiger partial charge < -0.3 is 5.32 Å². The Hall–Kier alpha value is -2.43. The molecule has 0 spiro atoms. The minimum absolute atomic E-state index is 0.170. The van der Waals surface area contributed by atoms with Gasteiger partial charge in [-0.3, -0.25) is 9.78 Å². The number of thiophene rings is 1. The summed E-state index contributed by atoms with van der Waals surface area (Å²) in [6.07, 6.45) is 4.96. The van der Waals surface area contributed by atoms with Crippen molar-refractivity contribution in [2.75, 3.05) is 0 Å². The van der Waals surface area contributed by atoms with Crippen molar-refractivity contribution in [2.45, 2.75) is 6.54 Å². The largest absolute Gasteiger partial charge is 0.348 e. The molecular formula is C19H15ClN2OS. The van der Waals surface area contributed by atoms with Gasteiger partial charge in [-0.15, -0.1) is 11.3 Å². The molecule has 1 amide bonds. The summed E-state index contributed by atoms with van der Waals surface area (Å²) in [5.41, 5.74) is 2.71. The van der Waals surface area contributed by atoms with Gasteiger partial charge in [-0.1, -0.05) is 41.9 Å². The van der Waals surface area contributed by atoms with Crippen molar-refractivity contribution in [1.29, 1.82) is 0 Å². The zero-order valence-corrected chi connectivity index (χ0v) is 14.3. The summed E-state index contributed by atoms with van der Waals surface area (Å²) in [6.45, 7) is 0.423. The number of carbonyl (C=O) groups is 1. The van der Waals surface area contributed by atoms with Gasteiger partial charge in [0.1, 0.15) is 0 Å². The average molecular weight is 355 g/mol. The summed E-state index contributed by atoms with van der Waals surface area (Å²) in [5, 5.41) is 5.52. The summed E-state index contributed by atoms with van der Waals surface area (Å²) in [4.78, 5) is 17.6. The number of aromatic nitrogens is 1. The van der Waals surface area contributed by atoms with Crippen molar-refractivity contribution in [3.8, 4) is 10.6 Å². The number of hydrogen-bond donors (Lipinski definition) is 1. The molecule has 2 aromatic heterocycles. The number of carbonyl (C=O) groups excluding carboxylic acids is 1. The van der Waals surface area contributed by atoms with Crippen LogP contribution in [-0.2, 0) is 11.3 Å². The van der Waals surface area contributed by atoms with Crippen LogP contribution in [-0.4, -0.2) is 10.9 Å². The zero-order chi connectivity index (χ0) is 16.8. The molecule has 0 bridgehead atoms. The number of benzene rings is 1. The number of hydrogen-bond acceptors (Lipinski definition) is 3. The average Bonchev–Trinajstić information content (AvgIpc) is 3.14. The van der Waals surface area contributed by atoms with E-state index < -0.39 is 0 Å². The first-order chi connectivity index (χ1) is 11.7. The van der Waals surface area contributed by atoms with Gasteiger partial charge in [0.15, 0.2) is 0 Å². The molecule has 1 N–H and O–H groups in total. The minimum Gasteiger partial charge on any atom is -0.348 e. The maximum Gasteiger partial charge on any atom is 0.244 e. The molecule has 0 aliphatic carbocycles. The summed E-state index contributed by atoms with van der Waals surface area (Å²) in [7, 11) is 0. The van der Waals surface area contributed by atoms with Crippen LogP contribution in [0.1, 0.15) is 11.1 Å². The highest BCUT2D eigenvalue weighted by molar-refractivity contribution is 7.13. The lowest BCUT2D eigenvalue weighted by atomic mass is 10.1. The highest BCUT2D eigenvalue weighted by Crippen LogP contribution is 2.25. The third-order valence-electron chi connectivity index (χ3n) is 3.42. The third kappa shape index (κ3) is 4.10. The summed E-state index contributed by atoms with van der Waals surface area (Å²) in [5.74, 6) is -0.170. The van der Waals surface area contributed by atoms with Crippen LogP contribution < -0.4 is 5.32 Å². The Kier molecular flexibility index (Phi) is 5.41. The lowest BCUT2D eigenvalue weighted by molar-refractivity contribution is -0.116. The molecule has 0 saturated heterocycles. The van der Waals surface area contributed by atoms with Crippen molar-refractivity contribution in [3.05, 3.63) is 82.3 Å². The van der Waals surface area contributed by atoms with Crippen LogP contribution in [0.15, 0.2) is 66.2 Å². The molecule has 0 fully saturated rings. The Morgan fingerprint density at radius 2 is 2.04 bits per heavy atom. The first-order valence-corrected chi connectivity index (χ1v) is 8.68. The maximum atomic E-state index is 12.0. The predicted molar refractivity (Wildman–Crippen MR) is 99.9 cm³/mol. The third-order valence-corrected chi connectivity index (χ3v) is 4.64. The smallest absolute Gasteiger partial charge is 0.244 e. The molecular weight excluding hydrogens is 340 g/mol. The fraction of sp³-hybridized carbons (Fsp3) is 0.0526. The molecule has 3 aromatic rings. The van der Waals surface area contributed by atoms with Crippen molar-refractivity contribution < 1.29 is 4.79 Å². The Morgan fingerprint density at radius 1 is 1.17 bits per heavy atom. The van der Waals surface area contributed by atoms with Gasteiger partial charge in [-0.25, -0.2) is 0 Å². The van der Waals surface area contributed by atoms with Crippen LogP contribution in [0.3, 0.4) is 0 Å². The Balaban J connectivity index is 1.66. The van der Waals surface area contributed by atoms with Crippen molar-refractivity contribution in [2.24, 2.45) is 0 Å². The van der Waals surface area contributed by atoms with Crippen LogP contribution in [0.2, 0.25) is 5.02 Å². The topological polar surface area (TPSA) is 42.0 Å². The molecule has 0 radical (unpaired) electrons. The maximum absolute atomic E-state index is 12.0. The fourth-order valence-electron chi connectivity index (χ4n) is 2.23. The molecule has 3 rings (SSSR count). The van der Waals surface area contributed by atoms with Gasteiger partial charge >= 0.3 is 0 Å². The normalized spacial score (nSPS) is 10.9. The van der Waals surface area contributed by atoms with E-state index in [-0.39, 0.29) is 5.91 Å². The summed E-state index contributed by atoms with van der Waals surface area (Å²) >= 11 is 7.70. The van der Waals surface area contributed by atoms with Crippen LogP contribution in [0, 0.1) is 0 Å². The number of rotatable bonds is 5. The Labute approximate surface area is 149 Å². The SMILES string of the molecule is O=C(/C=C/c1ccccc1Cl)NCc1cccnc1-c1cccs1. The molecule has 0 saturated carbocycles. The van der Waals surface area contributed by atoms with Crippen LogP contribution in [0.25, 0.3) is 16.6 Å². The summed E-state index contributed by atoms with van der Waals surface area (Å²) in [6, 6.07) is 15.3. The molecule has 2 heterocycles. The fourth-order valence-corrected chi connectivity index (χ4v) is 3.19. The lowest BCUT2D eigenvalue weighted by Gasteiger charge is -2.07. The Bertz CT molecular complexity index is 859. The number of nitrogens with one attached hydrogen (secondary N) is 1. The van der Waals surface area contributed by atoms with E-state index >= 15 is 0 Å². The van der Waals surface area contributed by atoms with Gasteiger partial charge in [-0.2, -0.15) is 0 Å². The van der Waals surface area contributed by atoms with Crippen LogP contribution in [0.4, 0.5) is 0 Å². The second-order valence-electron chi connectivity index (χ2n) is 5.06. The molecule has 24 heavy (non-hydrogen) atoms. The van der Waals surface area contributed by atoms with Gasteiger partial charge in [-0.05, 0) is 40.8 Å². The van der Waals surface area contributed by atoms with Gasteiger partial charge in [0.2, 0.25) is 5.91 Å².